The minimum Gasteiger partial charge on any atom is -0.497 e. The molecule has 0 spiro atoms. The Morgan fingerprint density at radius 1 is 1.14 bits per heavy atom. The molecule has 6 heteroatoms. The average molecular weight is 394 g/mol. The van der Waals surface area contributed by atoms with Crippen LogP contribution >= 0.6 is 11.3 Å². The normalized spacial score (nSPS) is 14.4. The van der Waals surface area contributed by atoms with E-state index in [0.717, 1.165) is 46.8 Å². The molecule has 0 saturated heterocycles. The van der Waals surface area contributed by atoms with Crippen molar-refractivity contribution in [2.45, 2.75) is 24.7 Å². The molecule has 1 fully saturated rings. The molecule has 28 heavy (non-hydrogen) atoms. The number of amides is 1. The van der Waals surface area contributed by atoms with Crippen LogP contribution in [0.15, 0.2) is 54.7 Å². The summed E-state index contributed by atoms with van der Waals surface area (Å²) >= 11 is 1.50. The number of para-hydroxylation sites is 1. The smallest absolute Gasteiger partial charge is 0.236 e. The lowest BCUT2D eigenvalue weighted by atomic mass is 9.95. The molecule has 0 radical (unpaired) electrons. The van der Waals surface area contributed by atoms with Gasteiger partial charge in [-0.3, -0.25) is 4.79 Å². The third kappa shape index (κ3) is 3.60. The molecule has 1 amide bonds. The Balaban J connectivity index is 1.47. The Hall–Kier alpha value is -2.86. The zero-order valence-electron chi connectivity index (χ0n) is 15.9. The van der Waals surface area contributed by atoms with Crippen LogP contribution in [0.25, 0.3) is 0 Å². The van der Waals surface area contributed by atoms with Crippen LogP contribution in [0.1, 0.15) is 28.8 Å². The predicted octanol–water partition coefficient (Wildman–Crippen LogP) is 4.42. The van der Waals surface area contributed by atoms with Crippen LogP contribution in [0.3, 0.4) is 0 Å². The molecule has 0 unspecified atom stereocenters. The quantitative estimate of drug-likeness (QED) is 0.644. The summed E-state index contributed by atoms with van der Waals surface area (Å²) in [5.41, 5.74) is 1.62. The van der Waals surface area contributed by atoms with Gasteiger partial charge in [0.05, 0.1) is 19.6 Å². The number of hydrogen-bond donors (Lipinski definition) is 1. The predicted molar refractivity (Wildman–Crippen MR) is 110 cm³/mol. The van der Waals surface area contributed by atoms with Crippen LogP contribution in [0.2, 0.25) is 0 Å². The maximum Gasteiger partial charge on any atom is 0.236 e. The number of hydrogen-bond acceptors (Lipinski definition) is 5. The first-order chi connectivity index (χ1) is 13.6. The molecule has 1 heterocycles. The first kappa shape index (κ1) is 18.5. The molecule has 1 N–H and O–H groups in total. The number of methoxy groups -OCH3 is 2. The number of anilines is 1. The van der Waals surface area contributed by atoms with Crippen molar-refractivity contribution in [1.82, 2.24) is 4.98 Å². The Labute approximate surface area is 168 Å². The van der Waals surface area contributed by atoms with Crippen molar-refractivity contribution in [3.63, 3.8) is 0 Å². The molecule has 2 aromatic carbocycles. The van der Waals surface area contributed by atoms with Gasteiger partial charge in [-0.05, 0) is 42.2 Å². The molecule has 1 aliphatic rings. The Morgan fingerprint density at radius 3 is 2.71 bits per heavy atom. The fourth-order valence-electron chi connectivity index (χ4n) is 3.39. The second-order valence-corrected chi connectivity index (χ2v) is 8.00. The van der Waals surface area contributed by atoms with E-state index in [1.54, 1.807) is 14.2 Å². The van der Waals surface area contributed by atoms with Crippen LogP contribution in [-0.2, 0) is 16.6 Å². The summed E-state index contributed by atoms with van der Waals surface area (Å²) in [6.45, 7) is 0. The molecular formula is C22H22N2O3S. The van der Waals surface area contributed by atoms with Gasteiger partial charge >= 0.3 is 0 Å². The molecule has 1 aliphatic carbocycles. The Bertz CT molecular complexity index is 995. The lowest BCUT2D eigenvalue weighted by Crippen LogP contribution is -2.27. The van der Waals surface area contributed by atoms with Crippen molar-refractivity contribution < 1.29 is 14.3 Å². The van der Waals surface area contributed by atoms with E-state index in [4.69, 9.17) is 9.47 Å². The largest absolute Gasteiger partial charge is 0.497 e. The summed E-state index contributed by atoms with van der Waals surface area (Å²) in [4.78, 5) is 18.4. The monoisotopic (exact) mass is 394 g/mol. The highest BCUT2D eigenvalue weighted by molar-refractivity contribution is 7.15. The van der Waals surface area contributed by atoms with E-state index in [1.807, 2.05) is 54.7 Å². The number of carbonyl (C=O) groups excluding carboxylic acids is 1. The highest BCUT2D eigenvalue weighted by atomic mass is 32.1. The molecule has 1 saturated carbocycles. The number of nitrogens with one attached hydrogen (secondary N) is 1. The van der Waals surface area contributed by atoms with E-state index < -0.39 is 5.41 Å². The summed E-state index contributed by atoms with van der Waals surface area (Å²) in [7, 11) is 3.31. The van der Waals surface area contributed by atoms with Crippen LogP contribution < -0.4 is 14.8 Å². The number of thiazole rings is 1. The van der Waals surface area contributed by atoms with Crippen molar-refractivity contribution in [2.24, 2.45) is 0 Å². The van der Waals surface area contributed by atoms with Gasteiger partial charge in [0.15, 0.2) is 5.13 Å². The van der Waals surface area contributed by atoms with Gasteiger partial charge in [0.2, 0.25) is 5.91 Å². The van der Waals surface area contributed by atoms with Gasteiger partial charge in [-0.15, -0.1) is 11.3 Å². The summed E-state index contributed by atoms with van der Waals surface area (Å²) < 4.78 is 10.7. The van der Waals surface area contributed by atoms with Crippen molar-refractivity contribution in [1.29, 1.82) is 0 Å². The summed E-state index contributed by atoms with van der Waals surface area (Å²) in [6, 6.07) is 15.7. The first-order valence-corrected chi connectivity index (χ1v) is 9.99. The van der Waals surface area contributed by atoms with Crippen molar-refractivity contribution >= 4 is 22.4 Å². The second-order valence-electron chi connectivity index (χ2n) is 6.89. The molecule has 0 bridgehead atoms. The third-order valence-electron chi connectivity index (χ3n) is 5.14. The second kappa shape index (κ2) is 7.64. The lowest BCUT2D eigenvalue weighted by molar-refractivity contribution is -0.118. The molecule has 4 rings (SSSR count). The molecule has 3 aromatic rings. The van der Waals surface area contributed by atoms with Crippen LogP contribution in [0.5, 0.6) is 11.5 Å². The minimum absolute atomic E-state index is 0.000977. The molecule has 1 aromatic heterocycles. The fraction of sp³-hybridized carbons (Fsp3) is 0.273. The zero-order valence-corrected chi connectivity index (χ0v) is 16.7. The average Bonchev–Trinajstić information content (AvgIpc) is 3.44. The van der Waals surface area contributed by atoms with Crippen LogP contribution in [0, 0.1) is 0 Å². The fourth-order valence-corrected chi connectivity index (χ4v) is 4.22. The van der Waals surface area contributed by atoms with Gasteiger partial charge in [0.1, 0.15) is 11.5 Å². The summed E-state index contributed by atoms with van der Waals surface area (Å²) in [5, 5.41) is 3.64. The van der Waals surface area contributed by atoms with E-state index in [2.05, 4.69) is 10.3 Å². The number of benzene rings is 2. The molecule has 144 valence electrons. The van der Waals surface area contributed by atoms with E-state index in [1.165, 1.54) is 11.3 Å². The molecule has 0 aliphatic heterocycles. The van der Waals surface area contributed by atoms with Gasteiger partial charge in [-0.2, -0.15) is 0 Å². The molecular weight excluding hydrogens is 372 g/mol. The Morgan fingerprint density at radius 2 is 1.96 bits per heavy atom. The van der Waals surface area contributed by atoms with Gasteiger partial charge in [0.25, 0.3) is 0 Å². The lowest BCUT2D eigenvalue weighted by Gasteiger charge is -2.15. The molecule has 5 nitrogen and oxygen atoms in total. The number of aromatic nitrogens is 1. The van der Waals surface area contributed by atoms with E-state index in [-0.39, 0.29) is 5.91 Å². The third-order valence-corrected chi connectivity index (χ3v) is 6.05. The maximum absolute atomic E-state index is 13.0. The molecule has 0 atom stereocenters. The number of rotatable bonds is 7. The maximum atomic E-state index is 13.0. The van der Waals surface area contributed by atoms with Crippen molar-refractivity contribution in [2.75, 3.05) is 19.5 Å². The van der Waals surface area contributed by atoms with Gasteiger partial charge in [-0.25, -0.2) is 4.98 Å². The highest BCUT2D eigenvalue weighted by Crippen LogP contribution is 2.49. The topological polar surface area (TPSA) is 60.5 Å². The van der Waals surface area contributed by atoms with Gasteiger partial charge < -0.3 is 14.8 Å². The van der Waals surface area contributed by atoms with E-state index >= 15 is 0 Å². The zero-order chi connectivity index (χ0) is 19.6. The standard InChI is InChI=1S/C22H22N2O3S/c1-26-17-8-5-7-16(13-17)22(10-11-22)20(25)24-21-23-14-18(28-21)12-15-6-3-4-9-19(15)27-2/h3-9,13-14H,10-12H2,1-2H3,(H,23,24,25). The highest BCUT2D eigenvalue weighted by Gasteiger charge is 2.51. The van der Waals surface area contributed by atoms with Crippen molar-refractivity contribution in [3.05, 3.63) is 70.7 Å². The van der Waals surface area contributed by atoms with Gasteiger partial charge in [0, 0.05) is 17.5 Å². The van der Waals surface area contributed by atoms with Crippen LogP contribution in [0.4, 0.5) is 5.13 Å². The summed E-state index contributed by atoms with van der Waals surface area (Å²) in [5.74, 6) is 1.63. The number of ether oxygens (including phenoxy) is 2. The first-order valence-electron chi connectivity index (χ1n) is 9.17. The van der Waals surface area contributed by atoms with Gasteiger partial charge in [-0.1, -0.05) is 30.3 Å². The SMILES string of the molecule is COc1cccc(C2(C(=O)Nc3ncc(Cc4ccccc4OC)s3)CC2)c1. The summed E-state index contributed by atoms with van der Waals surface area (Å²) in [6.07, 6.45) is 4.22. The Kier molecular flexibility index (Phi) is 5.05. The van der Waals surface area contributed by atoms with E-state index in [9.17, 15) is 4.79 Å². The van der Waals surface area contributed by atoms with Crippen LogP contribution in [-0.4, -0.2) is 25.1 Å². The number of nitrogens with zero attached hydrogens (tertiary/aromatic N) is 1. The van der Waals surface area contributed by atoms with Crippen molar-refractivity contribution in [3.8, 4) is 11.5 Å². The number of carbonyl (C=O) groups is 1. The van der Waals surface area contributed by atoms with E-state index in [0.29, 0.717) is 5.13 Å². The minimum atomic E-state index is -0.469.